The van der Waals surface area contributed by atoms with E-state index in [0.717, 1.165) is 11.3 Å². The van der Waals surface area contributed by atoms with Crippen LogP contribution in [-0.2, 0) is 4.74 Å². The van der Waals surface area contributed by atoms with E-state index in [0.29, 0.717) is 18.9 Å². The Hall–Kier alpha value is -1.73. The van der Waals surface area contributed by atoms with Crippen LogP contribution in [0.1, 0.15) is 23.0 Å². The number of carbonyl (C=O) groups is 1. The third-order valence-electron chi connectivity index (χ3n) is 2.90. The number of carboxylic acids is 1. The molecule has 3 heterocycles. The van der Waals surface area contributed by atoms with E-state index >= 15 is 0 Å². The van der Waals surface area contributed by atoms with Crippen molar-refractivity contribution in [2.75, 3.05) is 13.2 Å². The van der Waals surface area contributed by atoms with Gasteiger partial charge in [0, 0.05) is 6.61 Å². The number of ether oxygens (including phenoxy) is 1. The highest BCUT2D eigenvalue weighted by Crippen LogP contribution is 2.31. The summed E-state index contributed by atoms with van der Waals surface area (Å²) >= 11 is 1.48. The van der Waals surface area contributed by atoms with E-state index in [1.807, 2.05) is 17.5 Å². The first-order valence-corrected chi connectivity index (χ1v) is 6.45. The highest BCUT2D eigenvalue weighted by Gasteiger charge is 2.27. The van der Waals surface area contributed by atoms with Gasteiger partial charge in [-0.2, -0.15) is 0 Å². The minimum absolute atomic E-state index is 0.00403. The van der Waals surface area contributed by atoms with Gasteiger partial charge in [-0.05, 0) is 17.9 Å². The fourth-order valence-electron chi connectivity index (χ4n) is 2.05. The molecule has 1 N–H and O–H groups in total. The fraction of sp³-hybridized carbons (Fsp3) is 0.364. The zero-order valence-corrected chi connectivity index (χ0v) is 10.3. The molecule has 18 heavy (non-hydrogen) atoms. The summed E-state index contributed by atoms with van der Waals surface area (Å²) in [5.74, 6) is -1.05. The fourth-order valence-corrected chi connectivity index (χ4v) is 2.81. The first kappa shape index (κ1) is 11.4. The van der Waals surface area contributed by atoms with Gasteiger partial charge < -0.3 is 9.84 Å². The van der Waals surface area contributed by atoms with E-state index in [9.17, 15) is 9.90 Å². The van der Waals surface area contributed by atoms with Crippen LogP contribution in [0, 0.1) is 0 Å². The number of hydrogen-bond acceptors (Lipinski definition) is 5. The molecule has 0 aromatic carbocycles. The molecule has 0 aliphatic carbocycles. The van der Waals surface area contributed by atoms with Crippen molar-refractivity contribution >= 4 is 17.3 Å². The molecule has 1 atom stereocenters. The van der Waals surface area contributed by atoms with Crippen LogP contribution in [0.2, 0.25) is 0 Å². The monoisotopic (exact) mass is 265 g/mol. The lowest BCUT2D eigenvalue weighted by Crippen LogP contribution is -2.12. The molecular weight excluding hydrogens is 254 g/mol. The van der Waals surface area contributed by atoms with Crippen molar-refractivity contribution in [3.05, 3.63) is 23.2 Å². The van der Waals surface area contributed by atoms with E-state index in [1.54, 1.807) is 4.68 Å². The third-order valence-corrected chi connectivity index (χ3v) is 3.78. The second-order valence-electron chi connectivity index (χ2n) is 4.03. The van der Waals surface area contributed by atoms with Gasteiger partial charge in [0.2, 0.25) is 0 Å². The molecule has 94 valence electrons. The van der Waals surface area contributed by atoms with E-state index in [2.05, 4.69) is 10.3 Å². The molecular formula is C11H11N3O3S. The molecule has 1 saturated heterocycles. The Morgan fingerprint density at radius 1 is 1.61 bits per heavy atom. The lowest BCUT2D eigenvalue weighted by atomic mass is 10.2. The second kappa shape index (κ2) is 4.51. The van der Waals surface area contributed by atoms with Crippen LogP contribution in [0.5, 0.6) is 0 Å². The molecule has 7 heteroatoms. The van der Waals surface area contributed by atoms with E-state index in [-0.39, 0.29) is 11.7 Å². The summed E-state index contributed by atoms with van der Waals surface area (Å²) in [5, 5.41) is 18.9. The summed E-state index contributed by atoms with van der Waals surface area (Å²) in [7, 11) is 0. The maximum absolute atomic E-state index is 11.2. The predicted molar refractivity (Wildman–Crippen MR) is 64.8 cm³/mol. The Morgan fingerprint density at radius 2 is 2.50 bits per heavy atom. The standard InChI is InChI=1S/C11H11N3O3S/c15-11(16)9-10(8-2-1-5-18-8)14(13-12-9)7-3-4-17-6-7/h1-2,5,7H,3-4,6H2,(H,15,16). The number of nitrogens with zero attached hydrogens (tertiary/aromatic N) is 3. The minimum Gasteiger partial charge on any atom is -0.476 e. The number of aromatic carboxylic acids is 1. The van der Waals surface area contributed by atoms with Crippen LogP contribution in [-0.4, -0.2) is 39.3 Å². The quantitative estimate of drug-likeness (QED) is 0.913. The average Bonchev–Trinajstić information content (AvgIpc) is 3.10. The number of rotatable bonds is 3. The summed E-state index contributed by atoms with van der Waals surface area (Å²) in [6, 6.07) is 3.83. The van der Waals surface area contributed by atoms with Gasteiger partial charge in [-0.1, -0.05) is 11.3 Å². The first-order chi connectivity index (χ1) is 8.77. The molecule has 3 rings (SSSR count). The topological polar surface area (TPSA) is 77.2 Å². The highest BCUT2D eigenvalue weighted by molar-refractivity contribution is 7.13. The van der Waals surface area contributed by atoms with Crippen LogP contribution >= 0.6 is 11.3 Å². The van der Waals surface area contributed by atoms with Crippen LogP contribution in [0.15, 0.2) is 17.5 Å². The van der Waals surface area contributed by atoms with Gasteiger partial charge in [-0.25, -0.2) is 9.48 Å². The number of thiophene rings is 1. The second-order valence-corrected chi connectivity index (χ2v) is 4.98. The van der Waals surface area contributed by atoms with Crippen LogP contribution in [0.3, 0.4) is 0 Å². The molecule has 2 aromatic rings. The molecule has 1 fully saturated rings. The molecule has 0 spiro atoms. The molecule has 0 amide bonds. The highest BCUT2D eigenvalue weighted by atomic mass is 32.1. The first-order valence-electron chi connectivity index (χ1n) is 5.57. The number of hydrogen-bond donors (Lipinski definition) is 1. The van der Waals surface area contributed by atoms with Gasteiger partial charge >= 0.3 is 5.97 Å². The Labute approximate surface area is 107 Å². The molecule has 1 aliphatic rings. The molecule has 6 nitrogen and oxygen atoms in total. The van der Waals surface area contributed by atoms with Crippen molar-refractivity contribution in [2.24, 2.45) is 0 Å². The predicted octanol–water partition coefficient (Wildman–Crippen LogP) is 1.67. The Kier molecular flexibility index (Phi) is 2.85. The smallest absolute Gasteiger partial charge is 0.358 e. The van der Waals surface area contributed by atoms with Crippen LogP contribution in [0.25, 0.3) is 10.6 Å². The van der Waals surface area contributed by atoms with E-state index < -0.39 is 5.97 Å². The Bertz CT molecular complexity index is 558. The van der Waals surface area contributed by atoms with Crippen LogP contribution < -0.4 is 0 Å². The maximum Gasteiger partial charge on any atom is 0.358 e. The van der Waals surface area contributed by atoms with Crippen molar-refractivity contribution in [1.82, 2.24) is 15.0 Å². The van der Waals surface area contributed by atoms with E-state index in [1.165, 1.54) is 11.3 Å². The summed E-state index contributed by atoms with van der Waals surface area (Å²) < 4.78 is 7.00. The average molecular weight is 265 g/mol. The van der Waals surface area contributed by atoms with E-state index in [4.69, 9.17) is 4.74 Å². The van der Waals surface area contributed by atoms with Crippen molar-refractivity contribution < 1.29 is 14.6 Å². The molecule has 2 aromatic heterocycles. The Balaban J connectivity index is 2.11. The molecule has 1 aliphatic heterocycles. The van der Waals surface area contributed by atoms with Gasteiger partial charge in [-0.15, -0.1) is 16.4 Å². The minimum atomic E-state index is -1.05. The largest absolute Gasteiger partial charge is 0.476 e. The van der Waals surface area contributed by atoms with Crippen molar-refractivity contribution in [3.63, 3.8) is 0 Å². The third kappa shape index (κ3) is 1.81. The summed E-state index contributed by atoms with van der Waals surface area (Å²) in [6.45, 7) is 1.23. The van der Waals surface area contributed by atoms with Gasteiger partial charge in [-0.3, -0.25) is 0 Å². The maximum atomic E-state index is 11.2. The van der Waals surface area contributed by atoms with Crippen molar-refractivity contribution in [3.8, 4) is 10.6 Å². The lowest BCUT2D eigenvalue weighted by molar-refractivity contribution is 0.0691. The normalized spacial score (nSPS) is 19.2. The molecule has 0 radical (unpaired) electrons. The van der Waals surface area contributed by atoms with Gasteiger partial charge in [0.1, 0.15) is 5.69 Å². The zero-order valence-electron chi connectivity index (χ0n) is 9.44. The SMILES string of the molecule is O=C(O)c1nnn(C2CCOC2)c1-c1cccs1. The van der Waals surface area contributed by atoms with Gasteiger partial charge in [0.05, 0.1) is 17.5 Å². The lowest BCUT2D eigenvalue weighted by Gasteiger charge is -2.10. The van der Waals surface area contributed by atoms with Crippen molar-refractivity contribution in [1.29, 1.82) is 0 Å². The Morgan fingerprint density at radius 3 is 3.11 bits per heavy atom. The van der Waals surface area contributed by atoms with Crippen LogP contribution in [0.4, 0.5) is 0 Å². The zero-order chi connectivity index (χ0) is 12.5. The number of aromatic nitrogens is 3. The molecule has 1 unspecified atom stereocenters. The van der Waals surface area contributed by atoms with Gasteiger partial charge in [0.15, 0.2) is 5.69 Å². The summed E-state index contributed by atoms with van der Waals surface area (Å²) in [4.78, 5) is 12.1. The van der Waals surface area contributed by atoms with Gasteiger partial charge in [0.25, 0.3) is 0 Å². The molecule has 0 saturated carbocycles. The summed E-state index contributed by atoms with van der Waals surface area (Å²) in [6.07, 6.45) is 0.834. The number of carboxylic acid groups (broad SMARTS) is 1. The van der Waals surface area contributed by atoms with Crippen molar-refractivity contribution in [2.45, 2.75) is 12.5 Å². The summed E-state index contributed by atoms with van der Waals surface area (Å²) in [5.41, 5.74) is 0.581. The molecule has 0 bridgehead atoms.